The van der Waals surface area contributed by atoms with E-state index in [1.165, 1.54) is 14.2 Å². The summed E-state index contributed by atoms with van der Waals surface area (Å²) >= 11 is 14.0. The predicted octanol–water partition coefficient (Wildman–Crippen LogP) is 3.42. The van der Waals surface area contributed by atoms with Gasteiger partial charge in [-0.15, -0.1) is 0 Å². The topological polar surface area (TPSA) is 123 Å². The van der Waals surface area contributed by atoms with E-state index in [1.54, 1.807) is 18.2 Å². The number of methoxy groups -OCH3 is 2. The number of nitrogens with two attached hydrogens (primary N) is 4. The minimum atomic E-state index is -1.64. The third-order valence-corrected chi connectivity index (χ3v) is 7.61. The van der Waals surface area contributed by atoms with Crippen LogP contribution in [0.2, 0.25) is 0 Å². The second kappa shape index (κ2) is 8.75. The van der Waals surface area contributed by atoms with Gasteiger partial charge in [-0.2, -0.15) is 0 Å². The van der Waals surface area contributed by atoms with Gasteiger partial charge in [0.1, 0.15) is 11.3 Å². The van der Waals surface area contributed by atoms with Gasteiger partial charge >= 0.3 is 0 Å². The van der Waals surface area contributed by atoms with Gasteiger partial charge in [-0.25, -0.2) is 0 Å². The number of hydrogen-bond acceptors (Lipinski definition) is 6. The number of halogens is 2. The van der Waals surface area contributed by atoms with Gasteiger partial charge in [-0.3, -0.25) is 0 Å². The highest BCUT2D eigenvalue weighted by Gasteiger charge is 2.55. The van der Waals surface area contributed by atoms with E-state index in [2.05, 4.69) is 0 Å². The smallest absolute Gasteiger partial charge is 0.203 e. The molecule has 2 unspecified atom stereocenters. The van der Waals surface area contributed by atoms with Crippen molar-refractivity contribution in [2.75, 3.05) is 14.2 Å². The minimum Gasteiger partial charge on any atom is -0.356 e. The maximum atomic E-state index is 7.24. The van der Waals surface area contributed by atoms with Crippen LogP contribution in [0.15, 0.2) is 96.1 Å². The zero-order valence-electron chi connectivity index (χ0n) is 19.0. The minimum absolute atomic E-state index is 0.578. The molecule has 2 aliphatic rings. The Hall–Kier alpha value is -2.26. The summed E-state index contributed by atoms with van der Waals surface area (Å²) in [7, 11) is 2.92. The fraction of sp³-hybridized carbons (Fsp3) is 0.231. The standard InChI is InChI=1S/C26H28Cl2N4O2/c1-33-23(27)16-19(13-14-24(23,29)30)20-15-21(17-9-5-3-6-10-17)26(31,32)25(28,34-2)22(20)18-11-7-4-8-12-18/h3-16H,29-32H2,1-2H3. The lowest BCUT2D eigenvalue weighted by molar-refractivity contribution is 0.0543. The molecule has 0 aromatic heterocycles. The van der Waals surface area contributed by atoms with Crippen molar-refractivity contribution in [2.45, 2.75) is 21.4 Å². The molecule has 4 rings (SSSR count). The van der Waals surface area contributed by atoms with Gasteiger partial charge in [-0.05, 0) is 46.1 Å². The Balaban J connectivity index is 2.09. The average Bonchev–Trinajstić information content (AvgIpc) is 2.83. The van der Waals surface area contributed by atoms with Gasteiger partial charge in [0.2, 0.25) is 5.06 Å². The molecule has 2 aliphatic carbocycles. The fourth-order valence-electron chi connectivity index (χ4n) is 4.39. The molecular formula is C26H28Cl2N4O2. The summed E-state index contributed by atoms with van der Waals surface area (Å²) in [6.45, 7) is 0. The first-order valence-electron chi connectivity index (χ1n) is 10.6. The van der Waals surface area contributed by atoms with Crippen LogP contribution in [0, 0.1) is 0 Å². The van der Waals surface area contributed by atoms with E-state index in [1.807, 2.05) is 66.7 Å². The van der Waals surface area contributed by atoms with Crippen molar-refractivity contribution in [3.63, 3.8) is 0 Å². The monoisotopic (exact) mass is 498 g/mol. The number of rotatable bonds is 5. The van der Waals surface area contributed by atoms with Crippen LogP contribution in [0.25, 0.3) is 11.1 Å². The quantitative estimate of drug-likeness (QED) is 0.369. The highest BCUT2D eigenvalue weighted by Crippen LogP contribution is 2.52. The van der Waals surface area contributed by atoms with E-state index in [-0.39, 0.29) is 0 Å². The normalized spacial score (nSPS) is 27.9. The molecule has 8 N–H and O–H groups in total. The number of allylic oxidation sites excluding steroid dienone is 4. The van der Waals surface area contributed by atoms with Gasteiger partial charge < -0.3 is 32.4 Å². The number of ether oxygens (including phenoxy) is 2. The van der Waals surface area contributed by atoms with Crippen molar-refractivity contribution < 1.29 is 9.47 Å². The van der Waals surface area contributed by atoms with E-state index >= 15 is 0 Å². The van der Waals surface area contributed by atoms with Crippen molar-refractivity contribution in [1.82, 2.24) is 0 Å². The molecule has 2 atom stereocenters. The largest absolute Gasteiger partial charge is 0.356 e. The molecule has 178 valence electrons. The van der Waals surface area contributed by atoms with Crippen molar-refractivity contribution in [1.29, 1.82) is 0 Å². The van der Waals surface area contributed by atoms with Crippen molar-refractivity contribution >= 4 is 34.3 Å². The molecule has 0 bridgehead atoms. The zero-order chi connectivity index (χ0) is 24.8. The summed E-state index contributed by atoms with van der Waals surface area (Å²) in [5.74, 6) is 0. The van der Waals surface area contributed by atoms with Crippen LogP contribution in [0.3, 0.4) is 0 Å². The van der Waals surface area contributed by atoms with E-state index in [9.17, 15) is 0 Å². The average molecular weight is 499 g/mol. The maximum Gasteiger partial charge on any atom is 0.203 e. The molecule has 6 nitrogen and oxygen atoms in total. The SMILES string of the molecule is COC1(Cl)C=C(C2=C(c3ccccc3)C(Cl)(OC)C(N)(N)C(c3ccccc3)=C2)C=CC1(N)N. The lowest BCUT2D eigenvalue weighted by Gasteiger charge is -2.47. The maximum absolute atomic E-state index is 7.24. The third-order valence-electron chi connectivity index (χ3n) is 6.36. The van der Waals surface area contributed by atoms with Crippen LogP contribution in [-0.2, 0) is 9.47 Å². The second-order valence-electron chi connectivity index (χ2n) is 8.46. The van der Waals surface area contributed by atoms with E-state index in [0.29, 0.717) is 22.3 Å². The molecule has 2 aromatic rings. The van der Waals surface area contributed by atoms with E-state index in [0.717, 1.165) is 11.1 Å². The summed E-state index contributed by atoms with van der Waals surface area (Å²) in [6, 6.07) is 19.1. The van der Waals surface area contributed by atoms with Gasteiger partial charge in [0.25, 0.3) is 0 Å². The molecule has 0 radical (unpaired) electrons. The van der Waals surface area contributed by atoms with Gasteiger partial charge in [-0.1, -0.05) is 89.9 Å². The van der Waals surface area contributed by atoms with Crippen LogP contribution >= 0.6 is 23.2 Å². The predicted molar refractivity (Wildman–Crippen MR) is 138 cm³/mol. The van der Waals surface area contributed by atoms with Crippen LogP contribution in [0.4, 0.5) is 0 Å². The van der Waals surface area contributed by atoms with Crippen molar-refractivity contribution in [3.8, 4) is 0 Å². The molecule has 0 spiro atoms. The Morgan fingerprint density at radius 3 is 1.85 bits per heavy atom. The summed E-state index contributed by atoms with van der Waals surface area (Å²) < 4.78 is 11.4. The fourth-order valence-corrected chi connectivity index (χ4v) is 4.88. The molecule has 0 fully saturated rings. The molecule has 8 heteroatoms. The van der Waals surface area contributed by atoms with E-state index in [4.69, 9.17) is 55.6 Å². The first-order chi connectivity index (χ1) is 16.0. The highest BCUT2D eigenvalue weighted by atomic mass is 35.5. The third kappa shape index (κ3) is 3.77. The molecule has 34 heavy (non-hydrogen) atoms. The Morgan fingerprint density at radius 2 is 1.32 bits per heavy atom. The van der Waals surface area contributed by atoms with Gasteiger partial charge in [0.15, 0.2) is 5.06 Å². The van der Waals surface area contributed by atoms with Gasteiger partial charge in [0, 0.05) is 19.8 Å². The molecular weight excluding hydrogens is 471 g/mol. The van der Waals surface area contributed by atoms with E-state index < -0.39 is 21.4 Å². The molecule has 0 amide bonds. The lowest BCUT2D eigenvalue weighted by atomic mass is 9.73. The van der Waals surface area contributed by atoms with Crippen LogP contribution in [-0.4, -0.2) is 35.7 Å². The first kappa shape index (κ1) is 24.9. The lowest BCUT2D eigenvalue weighted by Crippen LogP contribution is -2.67. The van der Waals surface area contributed by atoms with Crippen LogP contribution < -0.4 is 22.9 Å². The van der Waals surface area contributed by atoms with Crippen LogP contribution in [0.5, 0.6) is 0 Å². The zero-order valence-corrected chi connectivity index (χ0v) is 20.5. The summed E-state index contributed by atoms with van der Waals surface area (Å²) in [5.41, 5.74) is 27.1. The summed E-state index contributed by atoms with van der Waals surface area (Å²) in [4.78, 5) is 0. The van der Waals surface area contributed by atoms with Crippen molar-refractivity contribution in [3.05, 3.63) is 107 Å². The first-order valence-corrected chi connectivity index (χ1v) is 11.4. The summed E-state index contributed by atoms with van der Waals surface area (Å²) in [5, 5.41) is -3.14. The number of hydrogen-bond donors (Lipinski definition) is 4. The van der Waals surface area contributed by atoms with Gasteiger partial charge in [0.05, 0.1) is 0 Å². The molecule has 0 saturated carbocycles. The molecule has 0 aliphatic heterocycles. The summed E-state index contributed by atoms with van der Waals surface area (Å²) in [6.07, 6.45) is 6.95. The Labute approximate surface area is 209 Å². The molecule has 2 aromatic carbocycles. The highest BCUT2D eigenvalue weighted by molar-refractivity contribution is 6.32. The number of alkyl halides is 2. The molecule has 0 saturated heterocycles. The van der Waals surface area contributed by atoms with Crippen molar-refractivity contribution in [2.24, 2.45) is 22.9 Å². The Kier molecular flexibility index (Phi) is 6.40. The Morgan fingerprint density at radius 1 is 0.765 bits per heavy atom. The molecule has 0 heterocycles. The second-order valence-corrected chi connectivity index (χ2v) is 9.56. The van der Waals surface area contributed by atoms with Crippen LogP contribution in [0.1, 0.15) is 11.1 Å². The number of benzene rings is 2. The Bertz CT molecular complexity index is 1210.